The Morgan fingerprint density at radius 2 is 1.66 bits per heavy atom. The average Bonchev–Trinajstić information content (AvgIpc) is 3.88. The van der Waals surface area contributed by atoms with Gasteiger partial charge in [0.1, 0.15) is 58.0 Å². The average molecular weight is 989 g/mol. The van der Waals surface area contributed by atoms with Crippen LogP contribution in [0.2, 0.25) is 0 Å². The van der Waals surface area contributed by atoms with E-state index >= 15 is 0 Å². The molecule has 3 fully saturated rings. The summed E-state index contributed by atoms with van der Waals surface area (Å²) in [6.45, 7) is 16.6. The predicted octanol–water partition coefficient (Wildman–Crippen LogP) is 4.40. The van der Waals surface area contributed by atoms with Gasteiger partial charge >= 0.3 is 12.1 Å². The topological polar surface area (TPSA) is 275 Å². The van der Waals surface area contributed by atoms with Crippen LogP contribution in [0.1, 0.15) is 102 Å². The Labute approximate surface area is 407 Å². The van der Waals surface area contributed by atoms with Crippen LogP contribution in [-0.2, 0) is 29.0 Å². The van der Waals surface area contributed by atoms with Gasteiger partial charge in [-0.25, -0.2) is 37.9 Å². The number of hydrogen-bond donors (Lipinski definition) is 4. The molecule has 2 unspecified atom stereocenters. The number of aliphatic carboxylic acids is 1. The van der Waals surface area contributed by atoms with E-state index in [1.165, 1.54) is 42.5 Å². The molecule has 1 aromatic carbocycles. The molecular weight excluding hydrogens is 925 g/mol. The normalized spacial score (nSPS) is 19.8. The van der Waals surface area contributed by atoms with E-state index in [2.05, 4.69) is 40.8 Å². The van der Waals surface area contributed by atoms with Crippen molar-refractivity contribution in [3.8, 4) is 5.75 Å². The van der Waals surface area contributed by atoms with Crippen LogP contribution < -0.4 is 20.3 Å². The molecule has 6 heterocycles. The maximum atomic E-state index is 14.1. The number of carboxylic acids is 1. The Balaban J connectivity index is 1.01. The monoisotopic (exact) mass is 988 g/mol. The number of sulfone groups is 1. The van der Waals surface area contributed by atoms with Gasteiger partial charge in [0.2, 0.25) is 11.8 Å². The number of aromatic amines is 1. The van der Waals surface area contributed by atoms with Crippen LogP contribution in [0.5, 0.6) is 5.75 Å². The smallest absolute Gasteiger partial charge is 0.410 e. The first-order valence-electron chi connectivity index (χ1n) is 23.5. The Morgan fingerprint density at radius 3 is 2.27 bits per heavy atom. The largest absolute Gasteiger partial charge is 0.492 e. The van der Waals surface area contributed by atoms with Crippen LogP contribution >= 0.6 is 0 Å². The summed E-state index contributed by atoms with van der Waals surface area (Å²) in [7, 11) is -2.50. The number of H-pyrrole nitrogens is 1. The molecule has 22 nitrogen and oxygen atoms in total. The van der Waals surface area contributed by atoms with Crippen molar-refractivity contribution >= 4 is 68.0 Å². The number of aryl methyl sites for hydroxylation is 1. The minimum atomic E-state index is -3.89. The van der Waals surface area contributed by atoms with Gasteiger partial charge in [-0.15, -0.1) is 0 Å². The molecule has 378 valence electrons. The molecule has 0 saturated carbocycles. The fourth-order valence-electron chi connectivity index (χ4n) is 8.70. The van der Waals surface area contributed by atoms with Gasteiger partial charge in [0, 0.05) is 55.4 Å². The third kappa shape index (κ3) is 10.9. The maximum Gasteiger partial charge on any atom is 0.410 e. The molecule has 70 heavy (non-hydrogen) atoms. The number of hydrogen-bond acceptors (Lipinski definition) is 16. The quantitative estimate of drug-likeness (QED) is 0.153. The lowest BCUT2D eigenvalue weighted by Crippen LogP contribution is -2.62. The van der Waals surface area contributed by atoms with Crippen molar-refractivity contribution in [3.05, 3.63) is 47.8 Å². The first-order valence-corrected chi connectivity index (χ1v) is 24.9. The second-order valence-electron chi connectivity index (χ2n) is 20.3. The highest BCUT2D eigenvalue weighted by molar-refractivity contribution is 7.92. The molecule has 4 aromatic rings. The molecule has 0 radical (unpaired) electrons. The van der Waals surface area contributed by atoms with E-state index in [0.717, 1.165) is 16.2 Å². The number of amides is 4. The molecule has 0 spiro atoms. The third-order valence-corrected chi connectivity index (χ3v) is 15.8. The van der Waals surface area contributed by atoms with Crippen molar-refractivity contribution in [2.75, 3.05) is 50.1 Å². The SMILES string of the molecule is Cc1[nH]nc(Nc2ncnc3cc(OCC4CCN(c5cnc(C(=O)N6CC[C@H]7CCC(C(=O)O)N7C(=O)[C@@H](NC(=O)C(C)N(C)C(=O)OC(C)(C)C)C6)cn5)CC4)c(S(=O)(=O)C(C)(C)C)cc23)c1C. The number of carbonyl (C=O) groups excluding carboxylic acids is 4. The molecule has 3 saturated heterocycles. The van der Waals surface area contributed by atoms with Crippen LogP contribution in [0.4, 0.5) is 22.2 Å². The van der Waals surface area contributed by atoms with Crippen LogP contribution in [0.25, 0.3) is 10.9 Å². The summed E-state index contributed by atoms with van der Waals surface area (Å²) in [5.74, 6) is -1.20. The number of fused-ring (bicyclic) bond motifs is 2. The summed E-state index contributed by atoms with van der Waals surface area (Å²) < 4.78 is 38.7. The molecule has 4 atom stereocenters. The number of aromatic nitrogens is 6. The van der Waals surface area contributed by atoms with Crippen molar-refractivity contribution in [3.63, 3.8) is 0 Å². The number of piperidine rings is 1. The molecular formula is C47H64N12O10S. The lowest BCUT2D eigenvalue weighted by atomic mass is 9.98. The maximum absolute atomic E-state index is 14.1. The Hall–Kier alpha value is -6.65. The van der Waals surface area contributed by atoms with E-state index in [9.17, 15) is 37.5 Å². The van der Waals surface area contributed by atoms with Crippen molar-refractivity contribution in [1.29, 1.82) is 0 Å². The summed E-state index contributed by atoms with van der Waals surface area (Å²) in [5, 5.41) is 23.6. The molecule has 23 heteroatoms. The van der Waals surface area contributed by atoms with Crippen LogP contribution in [-0.4, -0.2) is 162 Å². The van der Waals surface area contributed by atoms with Gasteiger partial charge in [-0.3, -0.25) is 24.4 Å². The number of anilines is 3. The summed E-state index contributed by atoms with van der Waals surface area (Å²) in [4.78, 5) is 90.7. The zero-order valence-corrected chi connectivity index (χ0v) is 42.2. The fourth-order valence-corrected chi connectivity index (χ4v) is 10.0. The fraction of sp³-hybridized carbons (Fsp3) is 0.574. The van der Waals surface area contributed by atoms with Crippen molar-refractivity contribution in [2.45, 2.75) is 134 Å². The number of nitrogens with zero attached hydrogens (tertiary/aromatic N) is 9. The van der Waals surface area contributed by atoms with Gasteiger partial charge < -0.3 is 39.9 Å². The van der Waals surface area contributed by atoms with Crippen LogP contribution in [0, 0.1) is 19.8 Å². The molecule has 0 bridgehead atoms. The first kappa shape index (κ1) is 51.2. The number of nitrogens with one attached hydrogen (secondary N) is 3. The molecule has 3 aromatic heterocycles. The standard InChI is InChI=1S/C47H64N12O10S/c1-26-27(2)54-55-39(26)53-40-31-19-37(70(66,67)47(7,8)9)36(20-32(31)50-25-51-40)68-24-29-13-16-57(17-14-29)38-22-48-33(21-49-38)42(61)58-18-15-30-11-12-35(44(63)64)59(30)43(62)34(23-58)52-41(60)28(3)56(10)45(65)69-46(4,5)6/h19-22,25,28-30,34-35H,11-18,23-24H2,1-10H3,(H,52,60)(H,63,64)(H2,50,51,53,54,55)/t28?,30-,34+,35?/m1/s1. The van der Waals surface area contributed by atoms with Gasteiger partial charge in [-0.1, -0.05) is 0 Å². The van der Waals surface area contributed by atoms with Gasteiger partial charge in [0.25, 0.3) is 5.91 Å². The number of benzene rings is 1. The second kappa shape index (κ2) is 20.0. The second-order valence-corrected chi connectivity index (χ2v) is 23.0. The van der Waals surface area contributed by atoms with E-state index in [1.54, 1.807) is 53.7 Å². The van der Waals surface area contributed by atoms with Gasteiger partial charge in [0.15, 0.2) is 15.7 Å². The summed E-state index contributed by atoms with van der Waals surface area (Å²) in [6, 6.07) is -0.758. The van der Waals surface area contributed by atoms with E-state index in [0.29, 0.717) is 67.1 Å². The van der Waals surface area contributed by atoms with Gasteiger partial charge in [-0.05, 0) is 106 Å². The summed E-state index contributed by atoms with van der Waals surface area (Å²) in [5.41, 5.74) is 1.48. The molecule has 3 aliphatic rings. The molecule has 7 rings (SSSR count). The Morgan fingerprint density at radius 1 is 0.943 bits per heavy atom. The van der Waals surface area contributed by atoms with Gasteiger partial charge in [-0.2, -0.15) is 5.10 Å². The van der Waals surface area contributed by atoms with Crippen LogP contribution in [0.3, 0.4) is 0 Å². The van der Waals surface area contributed by atoms with E-state index in [1.807, 2.05) is 18.7 Å². The zero-order chi connectivity index (χ0) is 51.0. The minimum Gasteiger partial charge on any atom is -0.492 e. The highest BCUT2D eigenvalue weighted by Gasteiger charge is 2.46. The number of likely N-dealkylation sites (N-methyl/N-ethyl adjacent to an activating group) is 1. The molecule has 0 aliphatic carbocycles. The van der Waals surface area contributed by atoms with E-state index in [-0.39, 0.29) is 48.4 Å². The summed E-state index contributed by atoms with van der Waals surface area (Å²) in [6.07, 6.45) is 5.88. The van der Waals surface area contributed by atoms with E-state index < -0.39 is 74.1 Å². The van der Waals surface area contributed by atoms with E-state index in [4.69, 9.17) is 9.47 Å². The number of rotatable bonds is 12. The van der Waals surface area contributed by atoms with Crippen molar-refractivity contribution < 1.29 is 47.0 Å². The van der Waals surface area contributed by atoms with Crippen LogP contribution in [0.15, 0.2) is 35.7 Å². The molecule has 3 aliphatic heterocycles. The highest BCUT2D eigenvalue weighted by Crippen LogP contribution is 2.38. The van der Waals surface area contributed by atoms with Crippen molar-refractivity contribution in [1.82, 2.24) is 50.1 Å². The first-order chi connectivity index (χ1) is 32.8. The number of carbonyl (C=O) groups is 5. The number of carboxylic acid groups (broad SMARTS) is 1. The summed E-state index contributed by atoms with van der Waals surface area (Å²) >= 11 is 0. The third-order valence-electron chi connectivity index (χ3n) is 13.3. The number of ether oxygens (including phenoxy) is 2. The molecule has 4 amide bonds. The lowest BCUT2D eigenvalue weighted by Gasteiger charge is -2.38. The Bertz CT molecular complexity index is 2750. The minimum absolute atomic E-state index is 0.0192. The molecule has 4 N–H and O–H groups in total. The lowest BCUT2D eigenvalue weighted by molar-refractivity contribution is -0.152. The van der Waals surface area contributed by atoms with Gasteiger partial charge in [0.05, 0.1) is 35.8 Å². The van der Waals surface area contributed by atoms with Crippen molar-refractivity contribution in [2.24, 2.45) is 5.92 Å². The Kier molecular flexibility index (Phi) is 14.6. The zero-order valence-electron chi connectivity index (χ0n) is 41.4. The predicted molar refractivity (Wildman–Crippen MR) is 257 cm³/mol. The highest BCUT2D eigenvalue weighted by atomic mass is 32.2.